The van der Waals surface area contributed by atoms with Gasteiger partial charge in [0.15, 0.2) is 5.69 Å². The van der Waals surface area contributed by atoms with Crippen LogP contribution in [0.3, 0.4) is 0 Å². The van der Waals surface area contributed by atoms with Gasteiger partial charge in [-0.3, -0.25) is 4.79 Å². The number of methoxy groups -OCH3 is 1. The molecule has 1 aliphatic rings. The number of carboxylic acids is 2. The van der Waals surface area contributed by atoms with Crippen molar-refractivity contribution < 1.29 is 24.5 Å². The monoisotopic (exact) mass is 316 g/mol. The first-order chi connectivity index (χ1) is 11.0. The fraction of sp³-hybridized carbons (Fsp3) is 0.312. The Morgan fingerprint density at radius 1 is 1.30 bits per heavy atom. The number of hydrogen-bond donors (Lipinski definition) is 2. The SMILES string of the molecule is COc1ccccc1-c1nc(C(=O)O)c2n1CCCC2C(=O)O. The van der Waals surface area contributed by atoms with Gasteiger partial charge in [-0.1, -0.05) is 12.1 Å². The van der Waals surface area contributed by atoms with Gasteiger partial charge in [-0.15, -0.1) is 0 Å². The maximum Gasteiger partial charge on any atom is 0.356 e. The third kappa shape index (κ3) is 2.44. The lowest BCUT2D eigenvalue weighted by molar-refractivity contribution is -0.139. The molecule has 3 rings (SSSR count). The second kappa shape index (κ2) is 5.75. The highest BCUT2D eigenvalue weighted by atomic mass is 16.5. The van der Waals surface area contributed by atoms with Crippen molar-refractivity contribution in [2.75, 3.05) is 7.11 Å². The van der Waals surface area contributed by atoms with Crippen molar-refractivity contribution in [1.29, 1.82) is 0 Å². The predicted octanol–water partition coefficient (Wildman–Crippen LogP) is 2.22. The van der Waals surface area contributed by atoms with Crippen LogP contribution in [0.1, 0.15) is 34.9 Å². The molecule has 0 bridgehead atoms. The molecule has 0 spiro atoms. The van der Waals surface area contributed by atoms with Crippen molar-refractivity contribution in [2.45, 2.75) is 25.3 Å². The Morgan fingerprint density at radius 3 is 2.70 bits per heavy atom. The van der Waals surface area contributed by atoms with Gasteiger partial charge < -0.3 is 19.5 Å². The van der Waals surface area contributed by atoms with Crippen molar-refractivity contribution in [2.24, 2.45) is 0 Å². The Hall–Kier alpha value is -2.83. The minimum absolute atomic E-state index is 0.196. The highest BCUT2D eigenvalue weighted by molar-refractivity contribution is 5.91. The van der Waals surface area contributed by atoms with Crippen LogP contribution in [0.25, 0.3) is 11.4 Å². The van der Waals surface area contributed by atoms with Crippen LogP contribution >= 0.6 is 0 Å². The lowest BCUT2D eigenvalue weighted by atomic mass is 9.94. The molecule has 1 aromatic heterocycles. The van der Waals surface area contributed by atoms with Gasteiger partial charge in [0.25, 0.3) is 0 Å². The first-order valence-electron chi connectivity index (χ1n) is 7.24. The molecule has 0 aliphatic carbocycles. The van der Waals surface area contributed by atoms with Crippen LogP contribution in [0.4, 0.5) is 0 Å². The third-order valence-corrected chi connectivity index (χ3v) is 4.06. The zero-order valence-corrected chi connectivity index (χ0v) is 12.5. The number of nitrogens with zero attached hydrogens (tertiary/aromatic N) is 2. The van der Waals surface area contributed by atoms with Crippen LogP contribution in [0.2, 0.25) is 0 Å². The number of para-hydroxylation sites is 1. The number of rotatable bonds is 4. The summed E-state index contributed by atoms with van der Waals surface area (Å²) < 4.78 is 7.02. The average molecular weight is 316 g/mol. The van der Waals surface area contributed by atoms with Gasteiger partial charge in [-0.25, -0.2) is 9.78 Å². The average Bonchev–Trinajstić information content (AvgIpc) is 2.94. The van der Waals surface area contributed by atoms with Gasteiger partial charge >= 0.3 is 11.9 Å². The number of aromatic carboxylic acids is 1. The molecule has 0 saturated heterocycles. The van der Waals surface area contributed by atoms with Crippen molar-refractivity contribution in [3.63, 3.8) is 0 Å². The van der Waals surface area contributed by atoms with E-state index in [9.17, 15) is 19.8 Å². The maximum absolute atomic E-state index is 11.5. The lowest BCUT2D eigenvalue weighted by Gasteiger charge is -2.23. The molecule has 1 unspecified atom stereocenters. The van der Waals surface area contributed by atoms with E-state index in [-0.39, 0.29) is 11.4 Å². The maximum atomic E-state index is 11.5. The van der Waals surface area contributed by atoms with Gasteiger partial charge in [-0.2, -0.15) is 0 Å². The van der Waals surface area contributed by atoms with E-state index >= 15 is 0 Å². The van der Waals surface area contributed by atoms with Gasteiger partial charge in [0.05, 0.1) is 24.3 Å². The molecular weight excluding hydrogens is 300 g/mol. The number of carboxylic acid groups (broad SMARTS) is 2. The molecule has 0 amide bonds. The molecule has 7 nitrogen and oxygen atoms in total. The molecule has 0 saturated carbocycles. The van der Waals surface area contributed by atoms with Crippen LogP contribution in [0.15, 0.2) is 24.3 Å². The molecular formula is C16H16N2O5. The standard InChI is InChI=1S/C16H16N2O5/c1-23-11-7-3-2-5-9(11)14-17-12(16(21)22)13-10(15(19)20)6-4-8-18(13)14/h2-3,5,7,10H,4,6,8H2,1H3,(H,19,20)(H,21,22). The Balaban J connectivity index is 2.26. The van der Waals surface area contributed by atoms with Crippen LogP contribution < -0.4 is 4.74 Å². The minimum atomic E-state index is -1.22. The Bertz CT molecular complexity index is 781. The molecule has 2 aromatic rings. The fourth-order valence-electron chi connectivity index (χ4n) is 3.07. The van der Waals surface area contributed by atoms with E-state index in [1.165, 1.54) is 7.11 Å². The van der Waals surface area contributed by atoms with Gasteiger partial charge in [0.1, 0.15) is 11.6 Å². The highest BCUT2D eigenvalue weighted by Crippen LogP contribution is 2.37. The largest absolute Gasteiger partial charge is 0.496 e. The first-order valence-corrected chi connectivity index (χ1v) is 7.24. The molecule has 0 radical (unpaired) electrons. The van der Waals surface area contributed by atoms with Crippen LogP contribution in [-0.2, 0) is 11.3 Å². The highest BCUT2D eigenvalue weighted by Gasteiger charge is 2.35. The van der Waals surface area contributed by atoms with Crippen LogP contribution in [0, 0.1) is 0 Å². The number of hydrogen-bond acceptors (Lipinski definition) is 4. The van der Waals surface area contributed by atoms with Crippen molar-refractivity contribution in [1.82, 2.24) is 9.55 Å². The molecule has 7 heteroatoms. The van der Waals surface area contributed by atoms with E-state index in [4.69, 9.17) is 4.74 Å². The molecule has 23 heavy (non-hydrogen) atoms. The molecule has 0 fully saturated rings. The molecule has 120 valence electrons. The normalized spacial score (nSPS) is 16.7. The number of ether oxygens (including phenoxy) is 1. The van der Waals surface area contributed by atoms with E-state index in [0.717, 1.165) is 0 Å². The Labute approximate surface area is 132 Å². The Kier molecular flexibility index (Phi) is 3.77. The quantitative estimate of drug-likeness (QED) is 0.896. The van der Waals surface area contributed by atoms with Crippen molar-refractivity contribution in [3.8, 4) is 17.1 Å². The summed E-state index contributed by atoms with van der Waals surface area (Å²) in [4.78, 5) is 27.3. The van der Waals surface area contributed by atoms with Crippen molar-refractivity contribution >= 4 is 11.9 Å². The second-order valence-corrected chi connectivity index (χ2v) is 5.36. The van der Waals surface area contributed by atoms with Gasteiger partial charge in [0, 0.05) is 6.54 Å². The molecule has 2 heterocycles. The number of carbonyl (C=O) groups is 2. The molecule has 1 aromatic carbocycles. The van der Waals surface area contributed by atoms with E-state index in [1.807, 2.05) is 0 Å². The topological polar surface area (TPSA) is 102 Å². The number of aromatic nitrogens is 2. The van der Waals surface area contributed by atoms with E-state index in [0.29, 0.717) is 36.5 Å². The summed E-state index contributed by atoms with van der Waals surface area (Å²) in [6.07, 6.45) is 1.06. The second-order valence-electron chi connectivity index (χ2n) is 5.36. The molecule has 2 N–H and O–H groups in total. The predicted molar refractivity (Wildman–Crippen MR) is 80.8 cm³/mol. The summed E-state index contributed by atoms with van der Waals surface area (Å²) in [5.41, 5.74) is 0.713. The summed E-state index contributed by atoms with van der Waals surface area (Å²) in [6, 6.07) is 7.15. The summed E-state index contributed by atoms with van der Waals surface area (Å²) in [6.45, 7) is 0.534. The van der Waals surface area contributed by atoms with Crippen LogP contribution in [0.5, 0.6) is 5.75 Å². The zero-order valence-electron chi connectivity index (χ0n) is 12.5. The molecule has 1 atom stereocenters. The fourth-order valence-corrected chi connectivity index (χ4v) is 3.07. The van der Waals surface area contributed by atoms with E-state index in [2.05, 4.69) is 4.98 Å². The Morgan fingerprint density at radius 2 is 2.04 bits per heavy atom. The number of aliphatic carboxylic acids is 1. The smallest absolute Gasteiger partial charge is 0.356 e. The van der Waals surface area contributed by atoms with Crippen LogP contribution in [-0.4, -0.2) is 38.8 Å². The lowest BCUT2D eigenvalue weighted by Crippen LogP contribution is -2.24. The third-order valence-electron chi connectivity index (χ3n) is 4.06. The summed E-state index contributed by atoms with van der Waals surface area (Å²) in [5.74, 6) is -2.11. The molecule has 1 aliphatic heterocycles. The number of fused-ring (bicyclic) bond motifs is 1. The van der Waals surface area contributed by atoms with E-state index in [1.54, 1.807) is 28.8 Å². The number of imidazole rings is 1. The number of benzene rings is 1. The van der Waals surface area contributed by atoms with Gasteiger partial charge in [0.2, 0.25) is 0 Å². The minimum Gasteiger partial charge on any atom is -0.496 e. The summed E-state index contributed by atoms with van der Waals surface area (Å²) >= 11 is 0. The van der Waals surface area contributed by atoms with Gasteiger partial charge in [-0.05, 0) is 25.0 Å². The summed E-state index contributed by atoms with van der Waals surface area (Å²) in [7, 11) is 1.52. The van der Waals surface area contributed by atoms with E-state index < -0.39 is 17.9 Å². The zero-order chi connectivity index (χ0) is 16.6. The first kappa shape index (κ1) is 15.1. The summed E-state index contributed by atoms with van der Waals surface area (Å²) in [5, 5.41) is 18.8. The van der Waals surface area contributed by atoms with Crippen molar-refractivity contribution in [3.05, 3.63) is 35.7 Å².